The molecule has 128 valence electrons. The molecule has 0 amide bonds. The molecule has 3 fully saturated rings. The number of anilines is 1. The molecule has 0 spiro atoms. The Morgan fingerprint density at radius 1 is 1.17 bits per heavy atom. The van der Waals surface area contributed by atoms with E-state index in [1.807, 2.05) is 18.5 Å². The first-order chi connectivity index (χ1) is 11.9. The minimum Gasteiger partial charge on any atom is -0.340 e. The zero-order valence-electron chi connectivity index (χ0n) is 14.0. The van der Waals surface area contributed by atoms with Crippen molar-refractivity contribution in [2.24, 2.45) is 11.8 Å². The number of aromatic nitrogens is 3. The molecule has 0 N–H and O–H groups in total. The van der Waals surface area contributed by atoms with Gasteiger partial charge in [-0.3, -0.25) is 4.68 Å². The molecule has 0 bridgehead atoms. The fourth-order valence-electron chi connectivity index (χ4n) is 4.69. The third-order valence-electron chi connectivity index (χ3n) is 5.91. The lowest BCUT2D eigenvalue weighted by Gasteiger charge is -2.38. The highest BCUT2D eigenvalue weighted by Crippen LogP contribution is 2.41. The van der Waals surface area contributed by atoms with E-state index in [2.05, 4.69) is 36.1 Å². The van der Waals surface area contributed by atoms with Crippen molar-refractivity contribution in [3.63, 3.8) is 0 Å². The molecular formula is C18H25N5S. The minimum atomic E-state index is 0.520. The first-order valence-corrected chi connectivity index (χ1v) is 10.1. The molecule has 3 atom stereocenters. The fourth-order valence-corrected chi connectivity index (χ4v) is 5.46. The highest BCUT2D eigenvalue weighted by molar-refractivity contribution is 7.13. The maximum Gasteiger partial charge on any atom is 0.185 e. The SMILES string of the molecule is c1cnn(C[C@H]2C[C@H]3CN(CC4CC4)CC[C@H]3N2c2nccs2)c1. The van der Waals surface area contributed by atoms with Crippen molar-refractivity contribution in [1.82, 2.24) is 19.7 Å². The van der Waals surface area contributed by atoms with Crippen LogP contribution >= 0.6 is 11.3 Å². The van der Waals surface area contributed by atoms with E-state index in [9.17, 15) is 0 Å². The second-order valence-corrected chi connectivity index (χ2v) is 8.53. The van der Waals surface area contributed by atoms with Crippen molar-refractivity contribution in [3.8, 4) is 0 Å². The van der Waals surface area contributed by atoms with E-state index in [0.29, 0.717) is 12.1 Å². The van der Waals surface area contributed by atoms with Crippen LogP contribution < -0.4 is 4.90 Å². The molecule has 5 nitrogen and oxygen atoms in total. The summed E-state index contributed by atoms with van der Waals surface area (Å²) in [6.45, 7) is 4.85. The molecule has 5 rings (SSSR count). The predicted octanol–water partition coefficient (Wildman–Crippen LogP) is 2.72. The number of nitrogens with zero attached hydrogens (tertiary/aromatic N) is 5. The van der Waals surface area contributed by atoms with Crippen LogP contribution in [0.3, 0.4) is 0 Å². The van der Waals surface area contributed by atoms with Gasteiger partial charge in [-0.15, -0.1) is 11.3 Å². The second kappa shape index (κ2) is 6.15. The van der Waals surface area contributed by atoms with Crippen molar-refractivity contribution >= 4 is 16.5 Å². The Labute approximate surface area is 147 Å². The number of thiazole rings is 1. The normalized spacial score (nSPS) is 30.7. The van der Waals surface area contributed by atoms with Gasteiger partial charge >= 0.3 is 0 Å². The number of piperidine rings is 1. The first-order valence-electron chi connectivity index (χ1n) is 9.24. The smallest absolute Gasteiger partial charge is 0.185 e. The van der Waals surface area contributed by atoms with Crippen molar-refractivity contribution in [3.05, 3.63) is 30.0 Å². The van der Waals surface area contributed by atoms with Gasteiger partial charge in [0.05, 0.1) is 12.6 Å². The minimum absolute atomic E-state index is 0.520. The summed E-state index contributed by atoms with van der Waals surface area (Å²) < 4.78 is 2.09. The van der Waals surface area contributed by atoms with Crippen molar-refractivity contribution in [1.29, 1.82) is 0 Å². The molecule has 2 aliphatic heterocycles. The van der Waals surface area contributed by atoms with Gasteiger partial charge in [-0.25, -0.2) is 4.98 Å². The zero-order valence-corrected chi connectivity index (χ0v) is 14.8. The highest BCUT2D eigenvalue weighted by atomic mass is 32.1. The Hall–Kier alpha value is -1.40. The lowest BCUT2D eigenvalue weighted by molar-refractivity contribution is 0.162. The van der Waals surface area contributed by atoms with E-state index in [1.165, 1.54) is 50.4 Å². The Balaban J connectivity index is 1.35. The second-order valence-electron chi connectivity index (χ2n) is 7.66. The van der Waals surface area contributed by atoms with Crippen molar-refractivity contribution < 1.29 is 0 Å². The Morgan fingerprint density at radius 3 is 2.88 bits per heavy atom. The number of fused-ring (bicyclic) bond motifs is 1. The summed E-state index contributed by atoms with van der Waals surface area (Å²) in [6, 6.07) is 3.20. The number of hydrogen-bond acceptors (Lipinski definition) is 5. The molecule has 0 radical (unpaired) electrons. The molecule has 0 aromatic carbocycles. The summed E-state index contributed by atoms with van der Waals surface area (Å²) in [4.78, 5) is 10.0. The van der Waals surface area contributed by atoms with E-state index < -0.39 is 0 Å². The topological polar surface area (TPSA) is 37.2 Å². The third kappa shape index (κ3) is 2.86. The molecule has 24 heavy (non-hydrogen) atoms. The zero-order chi connectivity index (χ0) is 15.9. The molecule has 4 heterocycles. The van der Waals surface area contributed by atoms with E-state index in [4.69, 9.17) is 0 Å². The molecule has 2 saturated heterocycles. The van der Waals surface area contributed by atoms with Crippen LogP contribution in [0.1, 0.15) is 25.7 Å². The summed E-state index contributed by atoms with van der Waals surface area (Å²) in [5.74, 6) is 1.78. The summed E-state index contributed by atoms with van der Waals surface area (Å²) >= 11 is 1.79. The van der Waals surface area contributed by atoms with Gasteiger partial charge in [0.15, 0.2) is 5.13 Å². The number of hydrogen-bond donors (Lipinski definition) is 0. The number of rotatable bonds is 5. The molecule has 1 saturated carbocycles. The van der Waals surface area contributed by atoms with E-state index >= 15 is 0 Å². The van der Waals surface area contributed by atoms with Gasteiger partial charge in [0, 0.05) is 49.6 Å². The molecular weight excluding hydrogens is 318 g/mol. The van der Waals surface area contributed by atoms with Gasteiger partial charge in [-0.2, -0.15) is 5.10 Å². The Morgan fingerprint density at radius 2 is 2.12 bits per heavy atom. The lowest BCUT2D eigenvalue weighted by atomic mass is 9.92. The van der Waals surface area contributed by atoms with Gasteiger partial charge < -0.3 is 9.80 Å². The first kappa shape index (κ1) is 14.9. The van der Waals surface area contributed by atoms with E-state index in [0.717, 1.165) is 18.4 Å². The third-order valence-corrected chi connectivity index (χ3v) is 6.70. The van der Waals surface area contributed by atoms with Crippen LogP contribution in [0.25, 0.3) is 0 Å². The fraction of sp³-hybridized carbons (Fsp3) is 0.667. The molecule has 6 heteroatoms. The molecule has 2 aromatic rings. The van der Waals surface area contributed by atoms with Gasteiger partial charge in [-0.1, -0.05) is 0 Å². The van der Waals surface area contributed by atoms with Crippen molar-refractivity contribution in [2.45, 2.75) is 44.3 Å². The van der Waals surface area contributed by atoms with Crippen LogP contribution in [0, 0.1) is 11.8 Å². The maximum atomic E-state index is 4.65. The standard InChI is InChI=1S/C18H25N5S/c1-5-20-22(7-1)13-16-10-15-12-21(11-14-2-3-14)8-4-17(15)23(16)18-19-6-9-24-18/h1,5-7,9,14-17H,2-4,8,10-13H2/t15-,16+,17+/m0/s1. The van der Waals surface area contributed by atoms with Gasteiger partial charge in [0.1, 0.15) is 0 Å². The summed E-state index contributed by atoms with van der Waals surface area (Å²) in [7, 11) is 0. The van der Waals surface area contributed by atoms with Crippen molar-refractivity contribution in [2.75, 3.05) is 24.5 Å². The molecule has 3 aliphatic rings. The summed E-state index contributed by atoms with van der Waals surface area (Å²) in [5, 5.41) is 7.75. The largest absolute Gasteiger partial charge is 0.340 e. The monoisotopic (exact) mass is 343 g/mol. The highest BCUT2D eigenvalue weighted by Gasteiger charge is 2.45. The van der Waals surface area contributed by atoms with Crippen LogP contribution in [-0.4, -0.2) is 51.4 Å². The molecule has 2 aromatic heterocycles. The average molecular weight is 343 g/mol. The van der Waals surface area contributed by atoms with Gasteiger partial charge in [0.25, 0.3) is 0 Å². The van der Waals surface area contributed by atoms with Gasteiger partial charge in [0.2, 0.25) is 0 Å². The predicted molar refractivity (Wildman–Crippen MR) is 96.3 cm³/mol. The van der Waals surface area contributed by atoms with Crippen LogP contribution in [0.15, 0.2) is 30.0 Å². The maximum absolute atomic E-state index is 4.65. The van der Waals surface area contributed by atoms with Crippen LogP contribution in [0.2, 0.25) is 0 Å². The lowest BCUT2D eigenvalue weighted by Crippen LogP contribution is -2.47. The van der Waals surface area contributed by atoms with Crippen LogP contribution in [0.5, 0.6) is 0 Å². The van der Waals surface area contributed by atoms with Crippen LogP contribution in [0.4, 0.5) is 5.13 Å². The summed E-state index contributed by atoms with van der Waals surface area (Å²) in [6.07, 6.45) is 11.4. The van der Waals surface area contributed by atoms with Crippen LogP contribution in [-0.2, 0) is 6.54 Å². The summed E-state index contributed by atoms with van der Waals surface area (Å²) in [5.41, 5.74) is 0. The van der Waals surface area contributed by atoms with E-state index in [1.54, 1.807) is 11.3 Å². The Bertz CT molecular complexity index is 651. The molecule has 1 aliphatic carbocycles. The Kier molecular flexibility index (Phi) is 3.82. The number of likely N-dealkylation sites (tertiary alicyclic amines) is 1. The quantitative estimate of drug-likeness (QED) is 0.836. The molecule has 0 unspecified atom stereocenters. The van der Waals surface area contributed by atoms with Gasteiger partial charge in [-0.05, 0) is 43.6 Å². The van der Waals surface area contributed by atoms with E-state index in [-0.39, 0.29) is 0 Å². The average Bonchev–Trinajstić information content (AvgIpc) is 3.00.